The van der Waals surface area contributed by atoms with E-state index in [2.05, 4.69) is 25.6 Å². The number of halogens is 1. The molecule has 0 radical (unpaired) electrons. The number of benzene rings is 2. The Bertz CT molecular complexity index is 1230. The number of aromatic nitrogens is 2. The Balaban J connectivity index is 1.47. The maximum absolute atomic E-state index is 13.3. The van der Waals surface area contributed by atoms with Gasteiger partial charge in [0, 0.05) is 13.6 Å². The third-order valence-corrected chi connectivity index (χ3v) is 5.63. The minimum absolute atomic E-state index is 0.258. The van der Waals surface area contributed by atoms with Gasteiger partial charge in [0.25, 0.3) is 5.91 Å². The fraction of sp³-hybridized carbons (Fsp3) is 0.217. The fourth-order valence-electron chi connectivity index (χ4n) is 3.21. The smallest absolute Gasteiger partial charge is 0.286 e. The van der Waals surface area contributed by atoms with Crippen LogP contribution in [-0.4, -0.2) is 41.2 Å². The molecule has 0 aliphatic carbocycles. The van der Waals surface area contributed by atoms with Crippen molar-refractivity contribution in [2.24, 2.45) is 4.99 Å². The standard InChI is InChI=1S/C23H22FN5O2S/c1-3-31-21-17-12-15(7-8-18(17)27-22(25-2)29-21)13-19-20(30)28-23(32-19)26-10-9-14-5-4-6-16(24)11-14/h4-8,11-13H,3,9-10H2,1-2H3,(H,25,27,29)(H,26,28,30)/b19-13+. The molecule has 0 saturated heterocycles. The number of nitrogens with one attached hydrogen (secondary N) is 2. The van der Waals surface area contributed by atoms with Gasteiger partial charge in [-0.05, 0) is 66.6 Å². The zero-order valence-electron chi connectivity index (χ0n) is 17.7. The Morgan fingerprint density at radius 2 is 2.06 bits per heavy atom. The van der Waals surface area contributed by atoms with E-state index in [1.54, 1.807) is 19.2 Å². The van der Waals surface area contributed by atoms with Crippen LogP contribution >= 0.6 is 11.8 Å². The normalized spacial score (nSPS) is 14.7. The van der Waals surface area contributed by atoms with E-state index in [1.807, 2.05) is 31.2 Å². The molecule has 32 heavy (non-hydrogen) atoms. The second-order valence-corrected chi connectivity index (χ2v) is 7.98. The van der Waals surface area contributed by atoms with Crippen LogP contribution < -0.4 is 15.4 Å². The van der Waals surface area contributed by atoms with Gasteiger partial charge in [-0.25, -0.2) is 9.37 Å². The Morgan fingerprint density at radius 1 is 1.19 bits per heavy atom. The lowest BCUT2D eigenvalue weighted by Gasteiger charge is -2.09. The van der Waals surface area contributed by atoms with Crippen LogP contribution in [0.2, 0.25) is 0 Å². The highest BCUT2D eigenvalue weighted by Crippen LogP contribution is 2.30. The van der Waals surface area contributed by atoms with Gasteiger partial charge in [-0.2, -0.15) is 9.98 Å². The monoisotopic (exact) mass is 451 g/mol. The summed E-state index contributed by atoms with van der Waals surface area (Å²) in [5.74, 6) is 0.417. The molecule has 0 spiro atoms. The summed E-state index contributed by atoms with van der Waals surface area (Å²) in [5.41, 5.74) is 2.45. The van der Waals surface area contributed by atoms with Crippen molar-refractivity contribution >= 4 is 45.8 Å². The maximum Gasteiger partial charge on any atom is 0.286 e. The van der Waals surface area contributed by atoms with Crippen LogP contribution in [0.4, 0.5) is 10.3 Å². The predicted octanol–water partition coefficient (Wildman–Crippen LogP) is 4.01. The number of anilines is 1. The number of hydrogen-bond donors (Lipinski definition) is 2. The lowest BCUT2D eigenvalue weighted by molar-refractivity contribution is -0.113. The molecule has 0 saturated carbocycles. The van der Waals surface area contributed by atoms with Crippen molar-refractivity contribution in [1.82, 2.24) is 15.3 Å². The van der Waals surface area contributed by atoms with Crippen LogP contribution in [-0.2, 0) is 11.2 Å². The zero-order valence-corrected chi connectivity index (χ0v) is 18.5. The summed E-state index contributed by atoms with van der Waals surface area (Å²) in [6.07, 6.45) is 2.42. The first-order valence-electron chi connectivity index (χ1n) is 10.2. The summed E-state index contributed by atoms with van der Waals surface area (Å²) in [4.78, 5) is 25.8. The molecule has 2 N–H and O–H groups in total. The third kappa shape index (κ3) is 5.05. The third-order valence-electron chi connectivity index (χ3n) is 4.69. The largest absolute Gasteiger partial charge is 0.477 e. The van der Waals surface area contributed by atoms with Gasteiger partial charge in [0.2, 0.25) is 11.8 Å². The highest BCUT2D eigenvalue weighted by atomic mass is 32.2. The summed E-state index contributed by atoms with van der Waals surface area (Å²) < 4.78 is 19.0. The molecular formula is C23H22FN5O2S. The van der Waals surface area contributed by atoms with E-state index in [4.69, 9.17) is 4.74 Å². The van der Waals surface area contributed by atoms with E-state index >= 15 is 0 Å². The Hall–Kier alpha value is -3.46. The zero-order chi connectivity index (χ0) is 22.5. The van der Waals surface area contributed by atoms with Crippen molar-refractivity contribution < 1.29 is 13.9 Å². The first kappa shape index (κ1) is 21.8. The van der Waals surface area contributed by atoms with E-state index in [0.29, 0.717) is 41.5 Å². The van der Waals surface area contributed by atoms with E-state index in [9.17, 15) is 9.18 Å². The lowest BCUT2D eigenvalue weighted by Crippen LogP contribution is -2.21. The molecule has 3 aromatic rings. The first-order chi connectivity index (χ1) is 15.6. The van der Waals surface area contributed by atoms with Crippen LogP contribution in [0, 0.1) is 5.82 Å². The Labute approximate surface area is 189 Å². The molecule has 164 valence electrons. The molecule has 4 rings (SSSR count). The Kier molecular flexibility index (Phi) is 6.65. The van der Waals surface area contributed by atoms with Crippen LogP contribution in [0.15, 0.2) is 52.4 Å². The quantitative estimate of drug-likeness (QED) is 0.525. The molecule has 1 aliphatic rings. The molecule has 1 aliphatic heterocycles. The van der Waals surface area contributed by atoms with E-state index in [0.717, 1.165) is 22.0 Å². The van der Waals surface area contributed by atoms with Crippen molar-refractivity contribution in [2.75, 3.05) is 25.5 Å². The topological polar surface area (TPSA) is 88.5 Å². The molecule has 0 atom stereocenters. The molecular weight excluding hydrogens is 429 g/mol. The maximum atomic E-state index is 13.3. The van der Waals surface area contributed by atoms with Crippen molar-refractivity contribution in [2.45, 2.75) is 13.3 Å². The first-order valence-corrected chi connectivity index (χ1v) is 11.0. The SMILES string of the molecule is CCOc1nc(NC)nc2ccc(/C=C3/SC(NCCc4cccc(F)c4)=NC3=O)cc12. The van der Waals surface area contributed by atoms with Crippen LogP contribution in [0.25, 0.3) is 17.0 Å². The summed E-state index contributed by atoms with van der Waals surface area (Å²) in [7, 11) is 1.75. The van der Waals surface area contributed by atoms with Gasteiger partial charge in [0.15, 0.2) is 5.17 Å². The summed E-state index contributed by atoms with van der Waals surface area (Å²) >= 11 is 1.28. The fourth-order valence-corrected chi connectivity index (χ4v) is 4.05. The number of rotatable bonds is 7. The van der Waals surface area contributed by atoms with Crippen molar-refractivity contribution in [1.29, 1.82) is 0 Å². The Morgan fingerprint density at radius 3 is 2.84 bits per heavy atom. The molecule has 9 heteroatoms. The minimum atomic E-state index is -0.296. The number of ether oxygens (including phenoxy) is 1. The molecule has 2 heterocycles. The van der Waals surface area contributed by atoms with Crippen LogP contribution in [0.3, 0.4) is 0 Å². The van der Waals surface area contributed by atoms with E-state index < -0.39 is 0 Å². The van der Waals surface area contributed by atoms with Gasteiger partial charge in [-0.3, -0.25) is 4.79 Å². The van der Waals surface area contributed by atoms with Gasteiger partial charge in [0.05, 0.1) is 22.4 Å². The van der Waals surface area contributed by atoms with Crippen LogP contribution in [0.1, 0.15) is 18.1 Å². The van der Waals surface area contributed by atoms with Gasteiger partial charge < -0.3 is 15.4 Å². The number of hydrogen-bond acceptors (Lipinski definition) is 7. The molecule has 0 unspecified atom stereocenters. The summed E-state index contributed by atoms with van der Waals surface area (Å²) in [5, 5.41) is 7.38. The molecule has 7 nitrogen and oxygen atoms in total. The lowest BCUT2D eigenvalue weighted by atomic mass is 10.1. The number of amidine groups is 1. The number of nitrogens with zero attached hydrogens (tertiary/aromatic N) is 3. The summed E-state index contributed by atoms with van der Waals surface area (Å²) in [6.45, 7) is 2.93. The van der Waals surface area contributed by atoms with Crippen molar-refractivity contribution in [3.63, 3.8) is 0 Å². The number of fused-ring (bicyclic) bond motifs is 1. The highest BCUT2D eigenvalue weighted by Gasteiger charge is 2.21. The van der Waals surface area contributed by atoms with E-state index in [-0.39, 0.29) is 11.7 Å². The van der Waals surface area contributed by atoms with Gasteiger partial charge in [-0.1, -0.05) is 18.2 Å². The number of aliphatic imine (C=N–C) groups is 1. The second-order valence-electron chi connectivity index (χ2n) is 6.95. The molecule has 1 aromatic heterocycles. The van der Waals surface area contributed by atoms with Crippen molar-refractivity contribution in [3.05, 3.63) is 64.3 Å². The average molecular weight is 452 g/mol. The number of thioether (sulfide) groups is 1. The van der Waals surface area contributed by atoms with E-state index in [1.165, 1.54) is 23.9 Å². The average Bonchev–Trinajstić information content (AvgIpc) is 3.13. The molecule has 0 bridgehead atoms. The number of amides is 1. The minimum Gasteiger partial charge on any atom is -0.477 e. The second kappa shape index (κ2) is 9.78. The number of carbonyl (C=O) groups excluding carboxylic acids is 1. The van der Waals surface area contributed by atoms with Crippen molar-refractivity contribution in [3.8, 4) is 5.88 Å². The molecule has 2 aromatic carbocycles. The van der Waals surface area contributed by atoms with Gasteiger partial charge in [-0.15, -0.1) is 0 Å². The predicted molar refractivity (Wildman–Crippen MR) is 126 cm³/mol. The van der Waals surface area contributed by atoms with Crippen LogP contribution in [0.5, 0.6) is 5.88 Å². The van der Waals surface area contributed by atoms with Gasteiger partial charge >= 0.3 is 0 Å². The molecule has 0 fully saturated rings. The molecule has 1 amide bonds. The number of carbonyl (C=O) groups is 1. The summed E-state index contributed by atoms with van der Waals surface area (Å²) in [6, 6.07) is 12.1. The van der Waals surface area contributed by atoms with Gasteiger partial charge in [0.1, 0.15) is 5.82 Å². The highest BCUT2D eigenvalue weighted by molar-refractivity contribution is 8.18.